The minimum absolute atomic E-state index is 0.0228. The van der Waals surface area contributed by atoms with Gasteiger partial charge in [0, 0.05) is 11.7 Å². The Hall–Kier alpha value is -2.14. The number of H-pyrrole nitrogens is 1. The topological polar surface area (TPSA) is 78.0 Å². The molecule has 0 spiro atoms. The maximum absolute atomic E-state index is 12.5. The van der Waals surface area contributed by atoms with Crippen molar-refractivity contribution in [3.05, 3.63) is 53.3 Å². The molecule has 1 saturated carbocycles. The third-order valence-corrected chi connectivity index (χ3v) is 4.72. The lowest BCUT2D eigenvalue weighted by atomic mass is 9.75. The van der Waals surface area contributed by atoms with Crippen LogP contribution in [0.5, 0.6) is 0 Å². The lowest BCUT2D eigenvalue weighted by Gasteiger charge is -2.38. The van der Waals surface area contributed by atoms with E-state index in [1.807, 2.05) is 24.3 Å². The van der Waals surface area contributed by atoms with Crippen molar-refractivity contribution in [2.24, 2.45) is 5.92 Å². The summed E-state index contributed by atoms with van der Waals surface area (Å²) in [6, 6.07) is 12.0. The zero-order chi connectivity index (χ0) is 16.9. The highest BCUT2D eigenvalue weighted by atomic mass is 16.3. The number of hydrogen-bond donors (Lipinski definition) is 3. The fourth-order valence-corrected chi connectivity index (χ4v) is 3.28. The highest BCUT2D eigenvalue weighted by Crippen LogP contribution is 2.31. The predicted molar refractivity (Wildman–Crippen MR) is 92.7 cm³/mol. The number of aromatic nitrogens is 2. The predicted octanol–water partition coefficient (Wildman–Crippen LogP) is 2.47. The van der Waals surface area contributed by atoms with E-state index in [0.29, 0.717) is 11.6 Å². The van der Waals surface area contributed by atoms with Crippen LogP contribution in [0.3, 0.4) is 0 Å². The Labute approximate surface area is 142 Å². The van der Waals surface area contributed by atoms with E-state index in [4.69, 9.17) is 0 Å². The molecule has 24 heavy (non-hydrogen) atoms. The molecule has 0 radical (unpaired) electrons. The Morgan fingerprint density at radius 1 is 1.38 bits per heavy atom. The van der Waals surface area contributed by atoms with Gasteiger partial charge in [0.05, 0.1) is 6.10 Å². The summed E-state index contributed by atoms with van der Waals surface area (Å²) in [4.78, 5) is 12.5. The molecule has 128 valence electrons. The van der Waals surface area contributed by atoms with Gasteiger partial charge in [-0.2, -0.15) is 5.10 Å². The minimum Gasteiger partial charge on any atom is -0.393 e. The largest absolute Gasteiger partial charge is 0.393 e. The first-order valence-electron chi connectivity index (χ1n) is 8.73. The van der Waals surface area contributed by atoms with Crippen molar-refractivity contribution in [3.63, 3.8) is 0 Å². The van der Waals surface area contributed by atoms with Crippen molar-refractivity contribution in [2.75, 3.05) is 0 Å². The van der Waals surface area contributed by atoms with Gasteiger partial charge in [0.25, 0.3) is 5.91 Å². The first-order valence-corrected chi connectivity index (χ1v) is 8.73. The first-order chi connectivity index (χ1) is 11.7. The van der Waals surface area contributed by atoms with Gasteiger partial charge >= 0.3 is 0 Å². The summed E-state index contributed by atoms with van der Waals surface area (Å²) < 4.78 is 0. The van der Waals surface area contributed by atoms with Gasteiger partial charge in [0.2, 0.25) is 0 Å². The molecule has 0 saturated heterocycles. The summed E-state index contributed by atoms with van der Waals surface area (Å²) in [6.45, 7) is 2.10. The molecule has 1 aliphatic carbocycles. The normalized spacial score (nSPS) is 21.1. The Morgan fingerprint density at radius 3 is 2.79 bits per heavy atom. The molecule has 0 bridgehead atoms. The van der Waals surface area contributed by atoms with Gasteiger partial charge in [-0.25, -0.2) is 0 Å². The van der Waals surface area contributed by atoms with Crippen molar-refractivity contribution >= 4 is 5.91 Å². The molecule has 2 aromatic rings. The highest BCUT2D eigenvalue weighted by molar-refractivity contribution is 5.92. The van der Waals surface area contributed by atoms with E-state index in [-0.39, 0.29) is 18.1 Å². The summed E-state index contributed by atoms with van der Waals surface area (Å²) in [5.74, 6) is 0.175. The summed E-state index contributed by atoms with van der Waals surface area (Å²) in [6.07, 6.45) is 3.95. The highest BCUT2D eigenvalue weighted by Gasteiger charge is 2.35. The second-order valence-corrected chi connectivity index (χ2v) is 6.68. The van der Waals surface area contributed by atoms with Crippen molar-refractivity contribution in [1.82, 2.24) is 15.5 Å². The number of aliphatic hydroxyl groups excluding tert-OH is 1. The van der Waals surface area contributed by atoms with Gasteiger partial charge in [-0.15, -0.1) is 0 Å². The van der Waals surface area contributed by atoms with Gasteiger partial charge < -0.3 is 10.4 Å². The number of nitrogens with zero attached hydrogens (tertiary/aromatic N) is 1. The number of aromatic amines is 1. The second kappa shape index (κ2) is 7.62. The van der Waals surface area contributed by atoms with Gasteiger partial charge in [-0.05, 0) is 43.2 Å². The number of aryl methyl sites for hydroxylation is 1. The van der Waals surface area contributed by atoms with E-state index >= 15 is 0 Å². The molecule has 0 unspecified atom stereocenters. The summed E-state index contributed by atoms with van der Waals surface area (Å²) in [5, 5.41) is 19.8. The number of aliphatic hydroxyl groups is 1. The van der Waals surface area contributed by atoms with Gasteiger partial charge in [0.15, 0.2) is 0 Å². The fourth-order valence-electron chi connectivity index (χ4n) is 3.28. The van der Waals surface area contributed by atoms with Crippen LogP contribution in [0.2, 0.25) is 0 Å². The van der Waals surface area contributed by atoms with Crippen LogP contribution in [0, 0.1) is 5.92 Å². The summed E-state index contributed by atoms with van der Waals surface area (Å²) >= 11 is 0. The van der Waals surface area contributed by atoms with Crippen molar-refractivity contribution < 1.29 is 9.90 Å². The van der Waals surface area contributed by atoms with Crippen LogP contribution in [-0.2, 0) is 12.8 Å². The number of carbonyl (C=O) groups is 1. The lowest BCUT2D eigenvalue weighted by Crippen LogP contribution is -2.48. The Morgan fingerprint density at radius 2 is 2.12 bits per heavy atom. The molecule has 5 heteroatoms. The van der Waals surface area contributed by atoms with E-state index in [9.17, 15) is 9.90 Å². The number of nitrogens with one attached hydrogen (secondary N) is 2. The van der Waals surface area contributed by atoms with Crippen molar-refractivity contribution in [3.8, 4) is 0 Å². The monoisotopic (exact) mass is 327 g/mol. The zero-order valence-electron chi connectivity index (χ0n) is 14.0. The molecule has 3 rings (SSSR count). The Balaban J connectivity index is 1.67. The third kappa shape index (κ3) is 4.03. The van der Waals surface area contributed by atoms with Crippen LogP contribution in [-0.4, -0.2) is 33.4 Å². The summed E-state index contributed by atoms with van der Waals surface area (Å²) in [5.41, 5.74) is 2.62. The molecule has 1 aromatic carbocycles. The number of hydrogen-bond acceptors (Lipinski definition) is 3. The van der Waals surface area contributed by atoms with Crippen LogP contribution >= 0.6 is 0 Å². The van der Waals surface area contributed by atoms with Crippen LogP contribution in [0.25, 0.3) is 0 Å². The maximum Gasteiger partial charge on any atom is 0.272 e. The Kier molecular flexibility index (Phi) is 5.30. The van der Waals surface area contributed by atoms with E-state index in [2.05, 4.69) is 34.6 Å². The number of rotatable bonds is 7. The molecule has 1 heterocycles. The van der Waals surface area contributed by atoms with Crippen LogP contribution in [0.1, 0.15) is 47.9 Å². The smallest absolute Gasteiger partial charge is 0.272 e. The van der Waals surface area contributed by atoms with Gasteiger partial charge in [-0.3, -0.25) is 9.89 Å². The van der Waals surface area contributed by atoms with Gasteiger partial charge in [0.1, 0.15) is 5.69 Å². The van der Waals surface area contributed by atoms with E-state index < -0.39 is 0 Å². The van der Waals surface area contributed by atoms with Crippen molar-refractivity contribution in [2.45, 2.75) is 51.2 Å². The first kappa shape index (κ1) is 16.7. The SMILES string of the molecule is CCCc1cc(C(=O)N[C@@H](Cc2ccccc2)C2CC(O)C2)n[nH]1. The zero-order valence-corrected chi connectivity index (χ0v) is 14.0. The second-order valence-electron chi connectivity index (χ2n) is 6.68. The van der Waals surface area contributed by atoms with E-state index in [1.165, 1.54) is 5.56 Å². The quantitative estimate of drug-likeness (QED) is 0.731. The molecule has 0 aliphatic heterocycles. The van der Waals surface area contributed by atoms with Crippen LogP contribution in [0.4, 0.5) is 0 Å². The molecule has 1 fully saturated rings. The van der Waals surface area contributed by atoms with Crippen LogP contribution < -0.4 is 5.32 Å². The minimum atomic E-state index is -0.230. The average Bonchev–Trinajstić information content (AvgIpc) is 3.01. The molecule has 5 nitrogen and oxygen atoms in total. The number of amides is 1. The molecule has 1 aliphatic rings. The van der Waals surface area contributed by atoms with Crippen molar-refractivity contribution in [1.29, 1.82) is 0 Å². The third-order valence-electron chi connectivity index (χ3n) is 4.72. The molecule has 1 amide bonds. The molecule has 3 N–H and O–H groups in total. The lowest BCUT2D eigenvalue weighted by molar-refractivity contribution is 0.0239. The average molecular weight is 327 g/mol. The molecular weight excluding hydrogens is 302 g/mol. The molecule has 1 aromatic heterocycles. The van der Waals surface area contributed by atoms with Crippen LogP contribution in [0.15, 0.2) is 36.4 Å². The number of benzene rings is 1. The standard InChI is InChI=1S/C19H25N3O2/c1-2-6-15-12-18(22-21-15)19(24)20-17(14-10-16(23)11-14)9-13-7-4-3-5-8-13/h3-5,7-8,12,14,16-17,23H,2,6,9-11H2,1H3,(H,20,24)(H,21,22)/t14?,16?,17-/m0/s1. The number of carbonyl (C=O) groups excluding carboxylic acids is 1. The summed E-state index contributed by atoms with van der Waals surface area (Å²) in [7, 11) is 0. The van der Waals surface area contributed by atoms with E-state index in [0.717, 1.165) is 37.8 Å². The fraction of sp³-hybridized carbons (Fsp3) is 0.474. The maximum atomic E-state index is 12.5. The molecule has 1 atom stereocenters. The van der Waals surface area contributed by atoms with Gasteiger partial charge in [-0.1, -0.05) is 43.7 Å². The molecular formula is C19H25N3O2. The van der Waals surface area contributed by atoms with E-state index in [1.54, 1.807) is 0 Å². The Bertz CT molecular complexity index is 662.